The molecule has 0 aliphatic heterocycles. The number of hydrogen-bond acceptors (Lipinski definition) is 5. The molecular weight excluding hydrogens is 322 g/mol. The summed E-state index contributed by atoms with van der Waals surface area (Å²) in [7, 11) is 0. The van der Waals surface area contributed by atoms with Gasteiger partial charge in [0.25, 0.3) is 5.91 Å². The number of pyridine rings is 1. The zero-order valence-corrected chi connectivity index (χ0v) is 14.2. The van der Waals surface area contributed by atoms with Crippen LogP contribution in [0.2, 0.25) is 0 Å². The number of hydrogen-bond donors (Lipinski definition) is 2. The van der Waals surface area contributed by atoms with Crippen molar-refractivity contribution in [3.63, 3.8) is 0 Å². The molecule has 0 unspecified atom stereocenters. The van der Waals surface area contributed by atoms with E-state index in [-0.39, 0.29) is 5.91 Å². The molecule has 122 valence electrons. The Morgan fingerprint density at radius 3 is 2.88 bits per heavy atom. The second-order valence-electron chi connectivity index (χ2n) is 5.40. The van der Waals surface area contributed by atoms with E-state index in [0.29, 0.717) is 17.1 Å². The van der Waals surface area contributed by atoms with Crippen LogP contribution < -0.4 is 5.32 Å². The molecule has 3 aromatic rings. The van der Waals surface area contributed by atoms with E-state index in [1.54, 1.807) is 6.07 Å². The standard InChI is InChI=1S/C17H17N5OS/c1-11-6-12(2)20-15(7-11)21-16(23)14-5-3-4-13(8-14)9-24-17-18-10-19-22-17/h3-8,10H,9H2,1-2H3,(H,18,19,22)(H,20,21,23). The summed E-state index contributed by atoms with van der Waals surface area (Å²) in [6, 6.07) is 11.3. The third-order valence-electron chi connectivity index (χ3n) is 3.30. The van der Waals surface area contributed by atoms with Gasteiger partial charge in [-0.25, -0.2) is 9.97 Å². The van der Waals surface area contributed by atoms with Crippen molar-refractivity contribution in [1.29, 1.82) is 0 Å². The fourth-order valence-corrected chi connectivity index (χ4v) is 3.03. The van der Waals surface area contributed by atoms with Gasteiger partial charge in [-0.05, 0) is 49.2 Å². The van der Waals surface area contributed by atoms with Crippen molar-refractivity contribution >= 4 is 23.5 Å². The molecule has 0 aliphatic carbocycles. The molecule has 3 rings (SSSR count). The second-order valence-corrected chi connectivity index (χ2v) is 6.37. The predicted octanol–water partition coefficient (Wildman–Crippen LogP) is 3.36. The minimum absolute atomic E-state index is 0.168. The molecule has 0 radical (unpaired) electrons. The van der Waals surface area contributed by atoms with Crippen LogP contribution in [0.1, 0.15) is 27.2 Å². The lowest BCUT2D eigenvalue weighted by Gasteiger charge is -2.08. The van der Waals surface area contributed by atoms with Crippen molar-refractivity contribution in [3.05, 3.63) is 65.1 Å². The minimum atomic E-state index is -0.168. The van der Waals surface area contributed by atoms with Gasteiger partial charge < -0.3 is 5.32 Å². The fourth-order valence-electron chi connectivity index (χ4n) is 2.31. The second kappa shape index (κ2) is 7.27. The zero-order valence-electron chi connectivity index (χ0n) is 13.4. The molecule has 1 aromatic carbocycles. The molecule has 0 aliphatic rings. The van der Waals surface area contributed by atoms with Crippen LogP contribution in [0.15, 0.2) is 47.9 Å². The molecule has 0 saturated heterocycles. The Hall–Kier alpha value is -2.67. The Bertz CT molecular complexity index is 828. The number of rotatable bonds is 5. The summed E-state index contributed by atoms with van der Waals surface area (Å²) >= 11 is 1.54. The normalized spacial score (nSPS) is 10.6. The summed E-state index contributed by atoms with van der Waals surface area (Å²) in [5.74, 6) is 1.11. The van der Waals surface area contributed by atoms with E-state index < -0.39 is 0 Å². The van der Waals surface area contributed by atoms with Crippen molar-refractivity contribution in [1.82, 2.24) is 20.2 Å². The first kappa shape index (κ1) is 16.2. The number of nitrogens with zero attached hydrogens (tertiary/aromatic N) is 3. The Labute approximate surface area is 144 Å². The smallest absolute Gasteiger partial charge is 0.256 e. The highest BCUT2D eigenvalue weighted by atomic mass is 32.2. The molecule has 24 heavy (non-hydrogen) atoms. The molecule has 7 heteroatoms. The maximum atomic E-state index is 12.4. The van der Waals surface area contributed by atoms with Crippen LogP contribution in [0.25, 0.3) is 0 Å². The van der Waals surface area contributed by atoms with E-state index in [1.165, 1.54) is 18.1 Å². The first-order valence-electron chi connectivity index (χ1n) is 7.44. The van der Waals surface area contributed by atoms with Crippen LogP contribution in [-0.4, -0.2) is 26.1 Å². The summed E-state index contributed by atoms with van der Waals surface area (Å²) in [4.78, 5) is 20.8. The molecule has 0 bridgehead atoms. The highest BCUT2D eigenvalue weighted by Crippen LogP contribution is 2.19. The lowest BCUT2D eigenvalue weighted by molar-refractivity contribution is 0.102. The van der Waals surface area contributed by atoms with E-state index in [4.69, 9.17) is 0 Å². The van der Waals surface area contributed by atoms with Gasteiger partial charge in [0.2, 0.25) is 0 Å². The van der Waals surface area contributed by atoms with Crippen molar-refractivity contribution in [2.24, 2.45) is 0 Å². The van der Waals surface area contributed by atoms with Crippen molar-refractivity contribution in [3.8, 4) is 0 Å². The third-order valence-corrected chi connectivity index (χ3v) is 4.24. The van der Waals surface area contributed by atoms with Crippen LogP contribution in [0, 0.1) is 13.8 Å². The maximum absolute atomic E-state index is 12.4. The summed E-state index contributed by atoms with van der Waals surface area (Å²) in [6.07, 6.45) is 1.48. The van der Waals surface area contributed by atoms with Gasteiger partial charge in [-0.3, -0.25) is 9.89 Å². The molecule has 2 heterocycles. The Morgan fingerprint density at radius 2 is 2.12 bits per heavy atom. The topological polar surface area (TPSA) is 83.6 Å². The molecule has 0 fully saturated rings. The summed E-state index contributed by atoms with van der Waals surface area (Å²) in [6.45, 7) is 3.88. The molecule has 0 spiro atoms. The van der Waals surface area contributed by atoms with E-state index in [9.17, 15) is 4.79 Å². The molecule has 6 nitrogen and oxygen atoms in total. The Balaban J connectivity index is 1.69. The molecule has 0 saturated carbocycles. The number of H-pyrrole nitrogens is 1. The lowest BCUT2D eigenvalue weighted by atomic mass is 10.1. The fraction of sp³-hybridized carbons (Fsp3) is 0.176. The van der Waals surface area contributed by atoms with Gasteiger partial charge in [0.15, 0.2) is 5.16 Å². The van der Waals surface area contributed by atoms with Gasteiger partial charge in [-0.1, -0.05) is 23.9 Å². The zero-order chi connectivity index (χ0) is 16.9. The first-order chi connectivity index (χ1) is 11.6. The molecule has 2 aromatic heterocycles. The van der Waals surface area contributed by atoms with Crippen molar-refractivity contribution < 1.29 is 4.79 Å². The highest BCUT2D eigenvalue weighted by molar-refractivity contribution is 7.98. The number of aromatic amines is 1. The summed E-state index contributed by atoms with van der Waals surface area (Å²) < 4.78 is 0. The lowest BCUT2D eigenvalue weighted by Crippen LogP contribution is -2.13. The van der Waals surface area contributed by atoms with E-state index in [1.807, 2.05) is 44.2 Å². The van der Waals surface area contributed by atoms with Crippen LogP contribution >= 0.6 is 11.8 Å². The number of anilines is 1. The number of aryl methyl sites for hydroxylation is 2. The number of carbonyl (C=O) groups is 1. The Kier molecular flexibility index (Phi) is 4.90. The van der Waals surface area contributed by atoms with Crippen LogP contribution in [0.3, 0.4) is 0 Å². The molecule has 1 amide bonds. The number of amides is 1. The average Bonchev–Trinajstić information content (AvgIpc) is 3.05. The predicted molar refractivity (Wildman–Crippen MR) is 94.0 cm³/mol. The number of thioether (sulfide) groups is 1. The van der Waals surface area contributed by atoms with E-state index in [0.717, 1.165) is 22.0 Å². The molecule has 2 N–H and O–H groups in total. The van der Waals surface area contributed by atoms with Gasteiger partial charge in [-0.2, -0.15) is 5.10 Å². The van der Waals surface area contributed by atoms with Gasteiger partial charge in [0.05, 0.1) is 0 Å². The first-order valence-corrected chi connectivity index (χ1v) is 8.42. The highest BCUT2D eigenvalue weighted by Gasteiger charge is 2.09. The van der Waals surface area contributed by atoms with Crippen LogP contribution in [0.5, 0.6) is 0 Å². The summed E-state index contributed by atoms with van der Waals surface area (Å²) in [5.41, 5.74) is 3.58. The SMILES string of the molecule is Cc1cc(C)nc(NC(=O)c2cccc(CSc3ncn[nH]3)c2)c1. The number of carbonyl (C=O) groups excluding carboxylic acids is 1. The number of benzene rings is 1. The molecular formula is C17H17N5OS. The maximum Gasteiger partial charge on any atom is 0.256 e. The minimum Gasteiger partial charge on any atom is -0.307 e. The van der Waals surface area contributed by atoms with Gasteiger partial charge >= 0.3 is 0 Å². The monoisotopic (exact) mass is 339 g/mol. The molecule has 0 atom stereocenters. The number of nitrogens with one attached hydrogen (secondary N) is 2. The van der Waals surface area contributed by atoms with Crippen molar-refractivity contribution in [2.75, 3.05) is 5.32 Å². The van der Waals surface area contributed by atoms with Gasteiger partial charge in [0, 0.05) is 17.0 Å². The van der Waals surface area contributed by atoms with E-state index in [2.05, 4.69) is 25.5 Å². The van der Waals surface area contributed by atoms with Crippen LogP contribution in [-0.2, 0) is 5.75 Å². The van der Waals surface area contributed by atoms with Gasteiger partial charge in [-0.15, -0.1) is 0 Å². The Morgan fingerprint density at radius 1 is 1.25 bits per heavy atom. The van der Waals surface area contributed by atoms with Crippen LogP contribution in [0.4, 0.5) is 5.82 Å². The average molecular weight is 339 g/mol. The number of aromatic nitrogens is 4. The van der Waals surface area contributed by atoms with Gasteiger partial charge in [0.1, 0.15) is 12.1 Å². The third kappa shape index (κ3) is 4.20. The largest absolute Gasteiger partial charge is 0.307 e. The van der Waals surface area contributed by atoms with Crippen molar-refractivity contribution in [2.45, 2.75) is 24.8 Å². The quantitative estimate of drug-likeness (QED) is 0.696. The van der Waals surface area contributed by atoms with E-state index >= 15 is 0 Å². The summed E-state index contributed by atoms with van der Waals surface area (Å²) in [5, 5.41) is 10.2.